The maximum Gasteiger partial charge on any atom is 0.240 e. The molecule has 5 N–H and O–H groups in total. The number of hydrogen-bond donors (Lipinski definition) is 3. The Hall–Kier alpha value is -2.56. The fourth-order valence-electron chi connectivity index (χ4n) is 3.59. The number of nitrogens with one attached hydrogen (secondary N) is 1. The van der Waals surface area contributed by atoms with Crippen molar-refractivity contribution in [1.29, 1.82) is 0 Å². The Morgan fingerprint density at radius 2 is 1.93 bits per heavy atom. The Bertz CT molecular complexity index is 1120. The highest BCUT2D eigenvalue weighted by Crippen LogP contribution is 2.28. The van der Waals surface area contributed by atoms with Crippen LogP contribution in [0.15, 0.2) is 35.6 Å². The fraction of sp³-hybridized carbons (Fsp3) is 0.389. The maximum atomic E-state index is 12.9. The van der Waals surface area contributed by atoms with Gasteiger partial charge >= 0.3 is 0 Å². The highest BCUT2D eigenvalue weighted by atomic mass is 32.2. The first kappa shape index (κ1) is 18.8. The maximum absolute atomic E-state index is 12.9. The molecule has 1 aliphatic rings. The first-order chi connectivity index (χ1) is 13.3. The van der Waals surface area contributed by atoms with E-state index in [0.717, 1.165) is 36.8 Å². The molecule has 9 nitrogen and oxygen atoms in total. The first-order valence-electron chi connectivity index (χ1n) is 9.18. The first-order valence-corrected chi connectivity index (χ1v) is 10.7. The van der Waals surface area contributed by atoms with E-state index in [2.05, 4.69) is 19.8 Å². The number of aromatic nitrogens is 4. The molecule has 0 spiro atoms. The molecule has 0 bridgehead atoms. The molecule has 0 radical (unpaired) electrons. The third-order valence-electron chi connectivity index (χ3n) is 5.22. The lowest BCUT2D eigenvalue weighted by Gasteiger charge is -2.26. The summed E-state index contributed by atoms with van der Waals surface area (Å²) in [6.45, 7) is 1.91. The second-order valence-electron chi connectivity index (χ2n) is 7.23. The van der Waals surface area contributed by atoms with E-state index in [0.29, 0.717) is 11.3 Å². The number of sulfonamides is 1. The van der Waals surface area contributed by atoms with Crippen molar-refractivity contribution in [3.05, 3.63) is 36.3 Å². The normalized spacial score (nSPS) is 20.5. The van der Waals surface area contributed by atoms with Gasteiger partial charge in [-0.15, -0.1) is 0 Å². The summed E-state index contributed by atoms with van der Waals surface area (Å²) in [5.41, 5.74) is 14.5. The second-order valence-corrected chi connectivity index (χ2v) is 8.95. The van der Waals surface area contributed by atoms with Gasteiger partial charge in [0, 0.05) is 17.6 Å². The molecule has 1 aromatic carbocycles. The minimum absolute atomic E-state index is 0.0853. The van der Waals surface area contributed by atoms with Crippen molar-refractivity contribution in [3.63, 3.8) is 0 Å². The lowest BCUT2D eigenvalue weighted by molar-refractivity contribution is 0.373. The number of aryl methyl sites for hydroxylation is 1. The summed E-state index contributed by atoms with van der Waals surface area (Å²) in [6.07, 6.45) is 6.13. The zero-order valence-electron chi connectivity index (χ0n) is 15.5. The van der Waals surface area contributed by atoms with Gasteiger partial charge in [0.15, 0.2) is 11.5 Å². The molecule has 10 heteroatoms. The Morgan fingerprint density at radius 3 is 2.68 bits per heavy atom. The number of benzene rings is 1. The van der Waals surface area contributed by atoms with E-state index in [-0.39, 0.29) is 22.8 Å². The van der Waals surface area contributed by atoms with E-state index >= 15 is 0 Å². The van der Waals surface area contributed by atoms with E-state index in [4.69, 9.17) is 11.5 Å². The quantitative estimate of drug-likeness (QED) is 0.597. The summed E-state index contributed by atoms with van der Waals surface area (Å²) in [7, 11) is -3.65. The smallest absolute Gasteiger partial charge is 0.240 e. The SMILES string of the molecule is Cc1ccc(S(=O)(=O)NC2CCC(N)CC2)cc1-c1cnc2c(N)ncnn12. The van der Waals surface area contributed by atoms with Gasteiger partial charge in [-0.1, -0.05) is 6.07 Å². The molecule has 1 saturated carbocycles. The van der Waals surface area contributed by atoms with Crippen LogP contribution in [-0.4, -0.2) is 40.1 Å². The standard InChI is InChI=1S/C18H23N7O2S/c1-11-2-7-14(28(26,27)24-13-5-3-12(19)4-6-13)8-15(11)16-9-21-18-17(20)22-10-23-25(16)18/h2,7-10,12-13,24H,3-6,19H2,1H3,(H2,20,22,23). The summed E-state index contributed by atoms with van der Waals surface area (Å²) < 4.78 is 30.2. The molecule has 28 heavy (non-hydrogen) atoms. The van der Waals surface area contributed by atoms with Gasteiger partial charge in [0.1, 0.15) is 6.33 Å². The van der Waals surface area contributed by atoms with Crippen LogP contribution in [-0.2, 0) is 10.0 Å². The molecule has 2 aromatic heterocycles. The third-order valence-corrected chi connectivity index (χ3v) is 6.74. The van der Waals surface area contributed by atoms with Gasteiger partial charge in [0.05, 0.1) is 16.8 Å². The summed E-state index contributed by atoms with van der Waals surface area (Å²) in [5.74, 6) is 0.264. The van der Waals surface area contributed by atoms with Crippen LogP contribution >= 0.6 is 0 Å². The van der Waals surface area contributed by atoms with Crippen LogP contribution in [0.5, 0.6) is 0 Å². The Morgan fingerprint density at radius 1 is 1.18 bits per heavy atom. The Balaban J connectivity index is 1.69. The molecule has 0 unspecified atom stereocenters. The lowest BCUT2D eigenvalue weighted by Crippen LogP contribution is -2.40. The number of imidazole rings is 1. The van der Waals surface area contributed by atoms with Gasteiger partial charge in [-0.3, -0.25) is 0 Å². The molecule has 4 rings (SSSR count). The third kappa shape index (κ3) is 3.46. The van der Waals surface area contributed by atoms with Gasteiger partial charge in [-0.2, -0.15) is 5.10 Å². The highest BCUT2D eigenvalue weighted by Gasteiger charge is 2.25. The van der Waals surface area contributed by atoms with Crippen molar-refractivity contribution in [2.45, 2.75) is 49.6 Å². The monoisotopic (exact) mass is 401 g/mol. The van der Waals surface area contributed by atoms with Crippen molar-refractivity contribution in [2.24, 2.45) is 5.73 Å². The van der Waals surface area contributed by atoms with E-state index < -0.39 is 10.0 Å². The van der Waals surface area contributed by atoms with E-state index in [1.807, 2.05) is 6.92 Å². The average Bonchev–Trinajstić information content (AvgIpc) is 3.09. The van der Waals surface area contributed by atoms with Crippen molar-refractivity contribution in [2.75, 3.05) is 5.73 Å². The molecular weight excluding hydrogens is 378 g/mol. The van der Waals surface area contributed by atoms with Crippen LogP contribution in [0.25, 0.3) is 16.9 Å². The predicted molar refractivity (Wildman–Crippen MR) is 106 cm³/mol. The molecule has 3 aromatic rings. The molecule has 1 aliphatic carbocycles. The van der Waals surface area contributed by atoms with Gasteiger partial charge in [0.25, 0.3) is 0 Å². The topological polar surface area (TPSA) is 141 Å². The molecule has 0 amide bonds. The molecule has 0 atom stereocenters. The van der Waals surface area contributed by atoms with Crippen molar-refractivity contribution in [3.8, 4) is 11.3 Å². The van der Waals surface area contributed by atoms with Crippen molar-refractivity contribution in [1.82, 2.24) is 24.3 Å². The van der Waals surface area contributed by atoms with Crippen LogP contribution < -0.4 is 16.2 Å². The number of nitrogens with zero attached hydrogens (tertiary/aromatic N) is 4. The summed E-state index contributed by atoms with van der Waals surface area (Å²) in [5, 5.41) is 4.20. The van der Waals surface area contributed by atoms with Gasteiger partial charge in [-0.25, -0.2) is 27.6 Å². The molecule has 2 heterocycles. The highest BCUT2D eigenvalue weighted by molar-refractivity contribution is 7.89. The van der Waals surface area contributed by atoms with Crippen LogP contribution in [0.2, 0.25) is 0 Å². The molecule has 0 aliphatic heterocycles. The number of hydrogen-bond acceptors (Lipinski definition) is 7. The van der Waals surface area contributed by atoms with Gasteiger partial charge < -0.3 is 11.5 Å². The fourth-order valence-corrected chi connectivity index (χ4v) is 4.92. The van der Waals surface area contributed by atoms with Gasteiger partial charge in [0.2, 0.25) is 10.0 Å². The molecule has 148 valence electrons. The van der Waals surface area contributed by atoms with E-state index in [1.165, 1.54) is 6.33 Å². The van der Waals surface area contributed by atoms with Crippen LogP contribution in [0.4, 0.5) is 5.82 Å². The zero-order chi connectivity index (χ0) is 19.9. The largest absolute Gasteiger partial charge is 0.381 e. The van der Waals surface area contributed by atoms with E-state index in [9.17, 15) is 8.42 Å². The molecular formula is C18H23N7O2S. The zero-order valence-corrected chi connectivity index (χ0v) is 16.4. The lowest BCUT2D eigenvalue weighted by atomic mass is 9.93. The number of nitrogen functional groups attached to an aromatic ring is 1. The molecule has 0 saturated heterocycles. The number of rotatable bonds is 4. The summed E-state index contributed by atoms with van der Waals surface area (Å²) in [6, 6.07) is 5.12. The van der Waals surface area contributed by atoms with Crippen LogP contribution in [0.1, 0.15) is 31.2 Å². The molecule has 1 fully saturated rings. The summed E-state index contributed by atoms with van der Waals surface area (Å²) in [4.78, 5) is 8.40. The average molecular weight is 401 g/mol. The number of fused-ring (bicyclic) bond motifs is 1. The van der Waals surface area contributed by atoms with Crippen LogP contribution in [0.3, 0.4) is 0 Å². The minimum atomic E-state index is -3.65. The van der Waals surface area contributed by atoms with Crippen LogP contribution in [0, 0.1) is 6.92 Å². The van der Waals surface area contributed by atoms with Crippen molar-refractivity contribution < 1.29 is 8.42 Å². The Labute approximate surface area is 163 Å². The van der Waals surface area contributed by atoms with Crippen molar-refractivity contribution >= 4 is 21.5 Å². The second kappa shape index (κ2) is 7.12. The number of nitrogens with two attached hydrogens (primary N) is 2. The van der Waals surface area contributed by atoms with E-state index in [1.54, 1.807) is 28.9 Å². The van der Waals surface area contributed by atoms with Gasteiger partial charge in [-0.05, 0) is 50.3 Å². The number of anilines is 1. The predicted octanol–water partition coefficient (Wildman–Crippen LogP) is 1.23. The Kier molecular flexibility index (Phi) is 4.77. The summed E-state index contributed by atoms with van der Waals surface area (Å²) >= 11 is 0. The minimum Gasteiger partial charge on any atom is -0.381 e.